The van der Waals surface area contributed by atoms with E-state index in [2.05, 4.69) is 0 Å². The monoisotopic (exact) mass is 299 g/mol. The van der Waals surface area contributed by atoms with Crippen molar-refractivity contribution in [1.29, 1.82) is 0 Å². The zero-order valence-electron chi connectivity index (χ0n) is 13.1. The lowest BCUT2D eigenvalue weighted by Crippen LogP contribution is -2.41. The van der Waals surface area contributed by atoms with Crippen LogP contribution in [-0.2, 0) is 0 Å². The van der Waals surface area contributed by atoms with E-state index in [1.807, 2.05) is 18.7 Å². The molecule has 0 spiro atoms. The number of aliphatic hydroxyl groups excluding tert-OH is 1. The molecule has 2 fully saturated rings. The van der Waals surface area contributed by atoms with Crippen LogP contribution in [0.1, 0.15) is 64.7 Å². The summed E-state index contributed by atoms with van der Waals surface area (Å²) in [6.07, 6.45) is 12.0. The Bertz CT molecular complexity index is 266. The van der Waals surface area contributed by atoms with Crippen molar-refractivity contribution in [3.8, 4) is 0 Å². The molecule has 2 saturated carbocycles. The zero-order chi connectivity index (χ0) is 14.4. The van der Waals surface area contributed by atoms with Crippen LogP contribution in [0.2, 0.25) is 0 Å². The second kappa shape index (κ2) is 8.65. The molecule has 2 nitrogen and oxygen atoms in total. The van der Waals surface area contributed by atoms with Gasteiger partial charge >= 0.3 is 0 Å². The molecule has 0 radical (unpaired) electrons. The molecule has 2 rings (SSSR count). The Morgan fingerprint density at radius 3 is 2.55 bits per heavy atom. The quantitative estimate of drug-likeness (QED) is 0.733. The predicted octanol–water partition coefficient (Wildman–Crippen LogP) is 3.81. The molecule has 20 heavy (non-hydrogen) atoms. The van der Waals surface area contributed by atoms with E-state index in [1.54, 1.807) is 0 Å². The maximum absolute atomic E-state index is 9.28. The van der Waals surface area contributed by atoms with Gasteiger partial charge in [-0.1, -0.05) is 32.1 Å². The van der Waals surface area contributed by atoms with Crippen LogP contribution >= 0.6 is 11.8 Å². The highest BCUT2D eigenvalue weighted by Crippen LogP contribution is 2.40. The molecule has 0 aliphatic heterocycles. The van der Waals surface area contributed by atoms with E-state index in [0.29, 0.717) is 6.04 Å². The summed E-state index contributed by atoms with van der Waals surface area (Å²) >= 11 is 2.01. The topological polar surface area (TPSA) is 46.2 Å². The lowest BCUT2D eigenvalue weighted by atomic mass is 9.69. The van der Waals surface area contributed by atoms with Gasteiger partial charge in [-0.25, -0.2) is 0 Å². The fourth-order valence-corrected chi connectivity index (χ4v) is 5.43. The van der Waals surface area contributed by atoms with Gasteiger partial charge in [0.2, 0.25) is 0 Å². The maximum Gasteiger partial charge on any atom is 0.0520 e. The second-order valence-corrected chi connectivity index (χ2v) is 8.27. The van der Waals surface area contributed by atoms with E-state index in [-0.39, 0.29) is 6.10 Å². The Morgan fingerprint density at radius 1 is 1.15 bits per heavy atom. The van der Waals surface area contributed by atoms with Crippen molar-refractivity contribution in [2.75, 3.05) is 11.5 Å². The van der Waals surface area contributed by atoms with Crippen LogP contribution in [-0.4, -0.2) is 28.8 Å². The molecule has 0 bridgehead atoms. The number of thioether (sulfide) groups is 1. The molecule has 0 amide bonds. The van der Waals surface area contributed by atoms with Gasteiger partial charge in [0.1, 0.15) is 0 Å². The Morgan fingerprint density at radius 2 is 1.90 bits per heavy atom. The van der Waals surface area contributed by atoms with Crippen molar-refractivity contribution in [3.63, 3.8) is 0 Å². The molecular weight excluding hydrogens is 266 g/mol. The molecule has 118 valence electrons. The Kier molecular flexibility index (Phi) is 7.20. The van der Waals surface area contributed by atoms with Crippen molar-refractivity contribution in [1.82, 2.24) is 0 Å². The fourth-order valence-electron chi connectivity index (χ4n) is 4.12. The van der Waals surface area contributed by atoms with Gasteiger partial charge in [-0.05, 0) is 61.9 Å². The molecular formula is C17H33NOS. The molecule has 2 aliphatic rings. The van der Waals surface area contributed by atoms with Crippen LogP contribution in [0.5, 0.6) is 0 Å². The average Bonchev–Trinajstić information content (AvgIpc) is 2.44. The Hall–Kier alpha value is 0.270. The molecule has 0 aromatic heterocycles. The van der Waals surface area contributed by atoms with Crippen molar-refractivity contribution >= 4 is 11.8 Å². The highest BCUT2D eigenvalue weighted by molar-refractivity contribution is 7.99. The van der Waals surface area contributed by atoms with E-state index in [4.69, 9.17) is 5.73 Å². The summed E-state index contributed by atoms with van der Waals surface area (Å²) in [7, 11) is 0. The van der Waals surface area contributed by atoms with Gasteiger partial charge < -0.3 is 10.8 Å². The molecule has 3 N–H and O–H groups in total. The third kappa shape index (κ3) is 5.23. The predicted molar refractivity (Wildman–Crippen MR) is 89.0 cm³/mol. The lowest BCUT2D eigenvalue weighted by Gasteiger charge is -2.40. The zero-order valence-corrected chi connectivity index (χ0v) is 13.9. The Labute approximate surface area is 129 Å². The van der Waals surface area contributed by atoms with Crippen LogP contribution in [0.3, 0.4) is 0 Å². The summed E-state index contributed by atoms with van der Waals surface area (Å²) in [5, 5.41) is 9.28. The van der Waals surface area contributed by atoms with Gasteiger partial charge in [0.15, 0.2) is 0 Å². The van der Waals surface area contributed by atoms with Gasteiger partial charge in [0.25, 0.3) is 0 Å². The van der Waals surface area contributed by atoms with E-state index < -0.39 is 0 Å². The van der Waals surface area contributed by atoms with E-state index in [0.717, 1.165) is 29.9 Å². The van der Waals surface area contributed by atoms with Gasteiger partial charge in [0.05, 0.1) is 6.10 Å². The second-order valence-electron chi connectivity index (χ2n) is 7.12. The van der Waals surface area contributed by atoms with Crippen LogP contribution in [0.4, 0.5) is 0 Å². The number of aliphatic hydroxyl groups is 1. The standard InChI is InChI=1S/C17H33NOS/c1-13(19)9-10-20-12-14-7-8-16(17(18)11-14)15-5-3-2-4-6-15/h13-17,19H,2-12,18H2,1H3. The molecule has 0 heterocycles. The van der Waals surface area contributed by atoms with Gasteiger partial charge in [-0.15, -0.1) is 0 Å². The van der Waals surface area contributed by atoms with Gasteiger partial charge in [-0.2, -0.15) is 11.8 Å². The van der Waals surface area contributed by atoms with Crippen molar-refractivity contribution in [3.05, 3.63) is 0 Å². The average molecular weight is 300 g/mol. The normalized spacial score (nSPS) is 34.0. The SMILES string of the molecule is CC(O)CCSCC1CCC(C2CCCCC2)C(N)C1. The first-order valence-electron chi connectivity index (χ1n) is 8.68. The molecule has 4 unspecified atom stereocenters. The summed E-state index contributed by atoms with van der Waals surface area (Å²) in [6.45, 7) is 1.88. The number of rotatable bonds is 6. The maximum atomic E-state index is 9.28. The third-order valence-corrected chi connectivity index (χ3v) is 6.58. The first-order valence-corrected chi connectivity index (χ1v) is 9.83. The van der Waals surface area contributed by atoms with E-state index in [9.17, 15) is 5.11 Å². The Balaban J connectivity index is 1.66. The number of hydrogen-bond acceptors (Lipinski definition) is 3. The highest BCUT2D eigenvalue weighted by Gasteiger charge is 2.33. The minimum absolute atomic E-state index is 0.146. The van der Waals surface area contributed by atoms with Crippen LogP contribution in [0, 0.1) is 17.8 Å². The highest BCUT2D eigenvalue weighted by atomic mass is 32.2. The molecule has 2 aliphatic carbocycles. The minimum atomic E-state index is -0.146. The molecule has 0 saturated heterocycles. The first-order chi connectivity index (χ1) is 9.66. The van der Waals surface area contributed by atoms with Gasteiger partial charge in [-0.3, -0.25) is 0 Å². The summed E-state index contributed by atoms with van der Waals surface area (Å²) in [6, 6.07) is 0.453. The van der Waals surface area contributed by atoms with Crippen LogP contribution in [0.15, 0.2) is 0 Å². The van der Waals surface area contributed by atoms with E-state index >= 15 is 0 Å². The first kappa shape index (κ1) is 16.6. The van der Waals surface area contributed by atoms with Gasteiger partial charge in [0, 0.05) is 6.04 Å². The third-order valence-electron chi connectivity index (χ3n) is 5.35. The van der Waals surface area contributed by atoms with Crippen molar-refractivity contribution < 1.29 is 5.11 Å². The summed E-state index contributed by atoms with van der Waals surface area (Å²) in [4.78, 5) is 0. The minimum Gasteiger partial charge on any atom is -0.393 e. The van der Waals surface area contributed by atoms with Crippen LogP contribution < -0.4 is 5.73 Å². The number of nitrogens with two attached hydrogens (primary N) is 1. The van der Waals surface area contributed by atoms with Crippen molar-refractivity contribution in [2.45, 2.75) is 76.9 Å². The molecule has 4 atom stereocenters. The fraction of sp³-hybridized carbons (Fsp3) is 1.00. The summed E-state index contributed by atoms with van der Waals surface area (Å²) in [5.74, 6) is 4.91. The summed E-state index contributed by atoms with van der Waals surface area (Å²) in [5.41, 5.74) is 6.50. The van der Waals surface area contributed by atoms with Crippen molar-refractivity contribution in [2.24, 2.45) is 23.5 Å². The lowest BCUT2D eigenvalue weighted by molar-refractivity contribution is 0.149. The molecule has 3 heteroatoms. The number of hydrogen-bond donors (Lipinski definition) is 2. The molecule has 0 aromatic carbocycles. The van der Waals surface area contributed by atoms with Crippen LogP contribution in [0.25, 0.3) is 0 Å². The molecule has 0 aromatic rings. The summed E-state index contributed by atoms with van der Waals surface area (Å²) < 4.78 is 0. The van der Waals surface area contributed by atoms with E-state index in [1.165, 1.54) is 57.1 Å². The smallest absolute Gasteiger partial charge is 0.0520 e. The largest absolute Gasteiger partial charge is 0.393 e.